The number of hydrogen-bond donors (Lipinski definition) is 0. The Balaban J connectivity index is 2.18. The quantitative estimate of drug-likeness (QED) is 0.586. The lowest BCUT2D eigenvalue weighted by Crippen LogP contribution is -1.98. The van der Waals surface area contributed by atoms with Gasteiger partial charge in [0.25, 0.3) is 0 Å². The molecule has 0 aromatic heterocycles. The molecule has 0 aliphatic rings. The highest BCUT2D eigenvalue weighted by molar-refractivity contribution is 8.76. The van der Waals surface area contributed by atoms with Crippen molar-refractivity contribution in [1.82, 2.24) is 0 Å². The lowest BCUT2D eigenvalue weighted by Gasteiger charge is -2.16. The van der Waals surface area contributed by atoms with Gasteiger partial charge in [0.15, 0.2) is 0 Å². The first-order valence-electron chi connectivity index (χ1n) is 7.25. The third kappa shape index (κ3) is 4.29. The fourth-order valence-electron chi connectivity index (χ4n) is 2.13. The third-order valence-electron chi connectivity index (χ3n) is 3.64. The van der Waals surface area contributed by atoms with Gasteiger partial charge < -0.3 is 9.47 Å². The van der Waals surface area contributed by atoms with Gasteiger partial charge >= 0.3 is 0 Å². The van der Waals surface area contributed by atoms with E-state index in [2.05, 4.69) is 62.4 Å². The van der Waals surface area contributed by atoms with Crippen LogP contribution in [0.25, 0.3) is 0 Å². The molecule has 118 valence electrons. The van der Waals surface area contributed by atoms with Crippen LogP contribution in [0.2, 0.25) is 0 Å². The standard InChI is InChI=1S/C18H22O2S2/c1-13(19-3)15-9-5-7-11-17(15)21-22-18-12-8-6-10-16(18)14(2)20-4/h5-14H,1-4H3. The summed E-state index contributed by atoms with van der Waals surface area (Å²) >= 11 is 0. The van der Waals surface area contributed by atoms with E-state index in [-0.39, 0.29) is 12.2 Å². The van der Waals surface area contributed by atoms with Crippen molar-refractivity contribution in [3.63, 3.8) is 0 Å². The maximum absolute atomic E-state index is 5.47. The van der Waals surface area contributed by atoms with Gasteiger partial charge in [0.1, 0.15) is 0 Å². The summed E-state index contributed by atoms with van der Waals surface area (Å²) in [5, 5.41) is 0. The first-order chi connectivity index (χ1) is 10.7. The summed E-state index contributed by atoms with van der Waals surface area (Å²) in [7, 11) is 7.02. The van der Waals surface area contributed by atoms with Gasteiger partial charge in [-0.2, -0.15) is 0 Å². The Morgan fingerprint density at radius 3 is 1.41 bits per heavy atom. The van der Waals surface area contributed by atoms with Crippen LogP contribution in [0.15, 0.2) is 58.3 Å². The van der Waals surface area contributed by atoms with Crippen molar-refractivity contribution in [2.75, 3.05) is 14.2 Å². The molecule has 2 atom stereocenters. The van der Waals surface area contributed by atoms with Crippen LogP contribution < -0.4 is 0 Å². The van der Waals surface area contributed by atoms with Gasteiger partial charge in [0, 0.05) is 24.0 Å². The van der Waals surface area contributed by atoms with Crippen LogP contribution in [0.5, 0.6) is 0 Å². The van der Waals surface area contributed by atoms with Gasteiger partial charge in [-0.1, -0.05) is 58.0 Å². The first-order valence-corrected chi connectivity index (χ1v) is 9.40. The SMILES string of the molecule is COC(C)c1ccccc1SSc1ccccc1C(C)OC. The van der Waals surface area contributed by atoms with E-state index in [1.165, 1.54) is 20.9 Å². The van der Waals surface area contributed by atoms with Gasteiger partial charge in [0.2, 0.25) is 0 Å². The highest BCUT2D eigenvalue weighted by atomic mass is 33.1. The molecule has 0 N–H and O–H groups in total. The molecule has 0 heterocycles. The second-order valence-corrected chi connectivity index (χ2v) is 7.21. The largest absolute Gasteiger partial charge is 0.377 e. The average molecular weight is 335 g/mol. The molecule has 0 fully saturated rings. The molecule has 2 aromatic carbocycles. The number of ether oxygens (including phenoxy) is 2. The molecule has 0 aliphatic heterocycles. The van der Waals surface area contributed by atoms with Crippen LogP contribution in [-0.4, -0.2) is 14.2 Å². The summed E-state index contributed by atoms with van der Waals surface area (Å²) in [6.07, 6.45) is 0.190. The predicted octanol–water partition coefficient (Wildman–Crippen LogP) is 5.90. The van der Waals surface area contributed by atoms with E-state index >= 15 is 0 Å². The molecule has 2 rings (SSSR count). The van der Waals surface area contributed by atoms with Crippen LogP contribution >= 0.6 is 21.6 Å². The Hall–Kier alpha value is -0.940. The zero-order valence-electron chi connectivity index (χ0n) is 13.4. The van der Waals surface area contributed by atoms with Gasteiger partial charge in [-0.15, -0.1) is 0 Å². The summed E-state index contributed by atoms with van der Waals surface area (Å²) in [5.74, 6) is 0. The zero-order chi connectivity index (χ0) is 15.9. The maximum atomic E-state index is 5.47. The summed E-state index contributed by atoms with van der Waals surface area (Å²) < 4.78 is 10.9. The minimum absolute atomic E-state index is 0.0949. The smallest absolute Gasteiger partial charge is 0.0804 e. The van der Waals surface area contributed by atoms with E-state index in [0.29, 0.717) is 0 Å². The van der Waals surface area contributed by atoms with Gasteiger partial charge in [0.05, 0.1) is 12.2 Å². The van der Waals surface area contributed by atoms with E-state index < -0.39 is 0 Å². The molecule has 0 radical (unpaired) electrons. The van der Waals surface area contributed by atoms with Crippen molar-refractivity contribution < 1.29 is 9.47 Å². The topological polar surface area (TPSA) is 18.5 Å². The van der Waals surface area contributed by atoms with Crippen molar-refractivity contribution in [3.8, 4) is 0 Å². The number of hydrogen-bond acceptors (Lipinski definition) is 4. The summed E-state index contributed by atoms with van der Waals surface area (Å²) in [6.45, 7) is 4.15. The molecular weight excluding hydrogens is 312 g/mol. The third-order valence-corrected chi connectivity index (χ3v) is 6.16. The average Bonchev–Trinajstić information content (AvgIpc) is 2.59. The van der Waals surface area contributed by atoms with Crippen LogP contribution in [0.1, 0.15) is 37.2 Å². The minimum atomic E-state index is 0.0949. The molecule has 0 bridgehead atoms. The van der Waals surface area contributed by atoms with Crippen molar-refractivity contribution in [2.45, 2.75) is 35.8 Å². The molecule has 2 nitrogen and oxygen atoms in total. The van der Waals surface area contributed by atoms with Crippen LogP contribution in [0.4, 0.5) is 0 Å². The zero-order valence-corrected chi connectivity index (χ0v) is 15.0. The number of methoxy groups -OCH3 is 2. The number of rotatable bonds is 7. The molecule has 0 saturated heterocycles. The molecule has 22 heavy (non-hydrogen) atoms. The fraction of sp³-hybridized carbons (Fsp3) is 0.333. The van der Waals surface area contributed by atoms with E-state index in [0.717, 1.165) is 0 Å². The lowest BCUT2D eigenvalue weighted by molar-refractivity contribution is 0.117. The highest BCUT2D eigenvalue weighted by Crippen LogP contribution is 2.43. The summed E-state index contributed by atoms with van der Waals surface area (Å²) in [4.78, 5) is 2.48. The first kappa shape index (κ1) is 17.4. The second kappa shape index (κ2) is 8.63. The van der Waals surface area contributed by atoms with Crippen molar-refractivity contribution in [2.24, 2.45) is 0 Å². The maximum Gasteiger partial charge on any atom is 0.0804 e. The fourth-order valence-corrected chi connectivity index (χ4v) is 4.69. The summed E-state index contributed by atoms with van der Waals surface area (Å²) in [5.41, 5.74) is 2.44. The van der Waals surface area contributed by atoms with Gasteiger partial charge in [-0.25, -0.2) is 0 Å². The molecular formula is C18H22O2S2. The predicted molar refractivity (Wildman–Crippen MR) is 95.4 cm³/mol. The van der Waals surface area contributed by atoms with E-state index in [1.807, 2.05) is 0 Å². The Bertz CT molecular complexity index is 548. The Labute approximate surface area is 141 Å². The molecule has 0 saturated carbocycles. The normalized spacial score (nSPS) is 13.8. The molecule has 0 spiro atoms. The monoisotopic (exact) mass is 334 g/mol. The van der Waals surface area contributed by atoms with Crippen molar-refractivity contribution in [1.29, 1.82) is 0 Å². The summed E-state index contributed by atoms with van der Waals surface area (Å²) in [6, 6.07) is 16.8. The van der Waals surface area contributed by atoms with E-state index in [1.54, 1.807) is 35.8 Å². The molecule has 2 aromatic rings. The second-order valence-electron chi connectivity index (χ2n) is 5.00. The Morgan fingerprint density at radius 1 is 0.682 bits per heavy atom. The van der Waals surface area contributed by atoms with Crippen LogP contribution in [0, 0.1) is 0 Å². The van der Waals surface area contributed by atoms with Crippen LogP contribution in [-0.2, 0) is 9.47 Å². The Morgan fingerprint density at radius 2 is 1.05 bits per heavy atom. The van der Waals surface area contributed by atoms with Gasteiger partial charge in [-0.3, -0.25) is 0 Å². The molecule has 4 heteroatoms. The van der Waals surface area contributed by atoms with Crippen molar-refractivity contribution >= 4 is 21.6 Å². The van der Waals surface area contributed by atoms with Crippen molar-refractivity contribution in [3.05, 3.63) is 59.7 Å². The highest BCUT2D eigenvalue weighted by Gasteiger charge is 2.13. The molecule has 0 amide bonds. The van der Waals surface area contributed by atoms with Gasteiger partial charge in [-0.05, 0) is 37.1 Å². The minimum Gasteiger partial charge on any atom is -0.377 e. The number of benzene rings is 2. The van der Waals surface area contributed by atoms with E-state index in [4.69, 9.17) is 9.47 Å². The lowest BCUT2D eigenvalue weighted by atomic mass is 10.1. The van der Waals surface area contributed by atoms with Crippen LogP contribution in [0.3, 0.4) is 0 Å². The molecule has 0 aliphatic carbocycles. The Kier molecular flexibility index (Phi) is 6.83. The van der Waals surface area contributed by atoms with E-state index in [9.17, 15) is 0 Å². The molecule has 2 unspecified atom stereocenters.